The normalized spacial score (nSPS) is 11.4. The minimum atomic E-state index is -0.0533. The molecule has 0 bridgehead atoms. The highest BCUT2D eigenvalue weighted by Crippen LogP contribution is 2.28. The van der Waals surface area contributed by atoms with Crippen molar-refractivity contribution >= 4 is 22.4 Å². The number of anilines is 1. The van der Waals surface area contributed by atoms with E-state index in [0.717, 1.165) is 23.6 Å². The maximum absolute atomic E-state index is 11.9. The largest absolute Gasteiger partial charge is 0.494 e. The molecule has 0 aliphatic heterocycles. The van der Waals surface area contributed by atoms with Crippen LogP contribution in [-0.2, 0) is 16.6 Å². The summed E-state index contributed by atoms with van der Waals surface area (Å²) in [7, 11) is 0. The molecule has 2 aromatic rings. The molecule has 5 nitrogen and oxygen atoms in total. The summed E-state index contributed by atoms with van der Waals surface area (Å²) in [6, 6.07) is 8.24. The third-order valence-electron chi connectivity index (χ3n) is 4.35. The highest BCUT2D eigenvalue weighted by Gasteiger charge is 2.17. The van der Waals surface area contributed by atoms with Crippen LogP contribution in [0.15, 0.2) is 24.3 Å². The van der Waals surface area contributed by atoms with Crippen molar-refractivity contribution in [3.8, 4) is 5.75 Å². The van der Waals surface area contributed by atoms with Gasteiger partial charge in [0.25, 0.3) is 0 Å². The predicted molar refractivity (Wildman–Crippen MR) is 102 cm³/mol. The number of hydrogen-bond donors (Lipinski definition) is 1. The van der Waals surface area contributed by atoms with Gasteiger partial charge in [-0.15, -0.1) is 10.2 Å². The fourth-order valence-corrected chi connectivity index (χ4v) is 2.95. The Labute approximate surface area is 153 Å². The van der Waals surface area contributed by atoms with Crippen LogP contribution < -0.4 is 10.1 Å². The van der Waals surface area contributed by atoms with Crippen LogP contribution in [0, 0.1) is 0 Å². The fraction of sp³-hybridized carbons (Fsp3) is 0.526. The van der Waals surface area contributed by atoms with Gasteiger partial charge < -0.3 is 10.1 Å². The first kappa shape index (κ1) is 19.4. The first-order valence-electron chi connectivity index (χ1n) is 8.80. The average molecular weight is 362 g/mol. The fourth-order valence-electron chi connectivity index (χ4n) is 2.26. The number of carbonyl (C=O) groups excluding carboxylic acids is 1. The van der Waals surface area contributed by atoms with E-state index in [9.17, 15) is 4.79 Å². The lowest BCUT2D eigenvalue weighted by atomic mass is 9.82. The molecular formula is C19H27N3O2S. The first-order chi connectivity index (χ1) is 11.9. The van der Waals surface area contributed by atoms with Crippen molar-refractivity contribution in [2.75, 3.05) is 11.9 Å². The van der Waals surface area contributed by atoms with E-state index < -0.39 is 0 Å². The number of rotatable bonds is 9. The minimum absolute atomic E-state index is 0.0533. The smallest absolute Gasteiger partial charge is 0.226 e. The van der Waals surface area contributed by atoms with Gasteiger partial charge in [-0.25, -0.2) is 0 Å². The molecule has 0 saturated heterocycles. The summed E-state index contributed by atoms with van der Waals surface area (Å²) >= 11 is 1.42. The van der Waals surface area contributed by atoms with Crippen LogP contribution in [0.3, 0.4) is 0 Å². The molecule has 0 atom stereocenters. The van der Waals surface area contributed by atoms with Gasteiger partial charge in [-0.05, 0) is 42.4 Å². The predicted octanol–water partition coefficient (Wildman–Crippen LogP) is 4.59. The van der Waals surface area contributed by atoms with E-state index in [1.54, 1.807) is 0 Å². The molecule has 0 unspecified atom stereocenters. The molecule has 0 radical (unpaired) electrons. The van der Waals surface area contributed by atoms with Crippen LogP contribution in [0.25, 0.3) is 0 Å². The molecule has 25 heavy (non-hydrogen) atoms. The Balaban J connectivity index is 1.71. The maximum Gasteiger partial charge on any atom is 0.226 e. The van der Waals surface area contributed by atoms with E-state index in [1.165, 1.54) is 16.9 Å². The summed E-state index contributed by atoms with van der Waals surface area (Å²) in [5, 5.41) is 12.2. The Hall–Kier alpha value is -1.95. The molecule has 2 rings (SSSR count). The monoisotopic (exact) mass is 361 g/mol. The zero-order chi connectivity index (χ0) is 18.3. The third kappa shape index (κ3) is 5.81. The Kier molecular flexibility index (Phi) is 6.93. The van der Waals surface area contributed by atoms with Crippen molar-refractivity contribution < 1.29 is 9.53 Å². The SMILES string of the molecule is CCc1nnc(NC(=O)CCCOc2ccc(C(C)(C)CC)cc2)s1. The van der Waals surface area contributed by atoms with Crippen LogP contribution in [-0.4, -0.2) is 22.7 Å². The Bertz CT molecular complexity index is 680. The lowest BCUT2D eigenvalue weighted by Gasteiger charge is -2.23. The van der Waals surface area contributed by atoms with E-state index in [2.05, 4.69) is 48.4 Å². The standard InChI is InChI=1S/C19H27N3O2S/c1-5-17-21-22-18(25-17)20-16(23)8-7-13-24-15-11-9-14(10-12-15)19(3,4)6-2/h9-12H,5-8,13H2,1-4H3,(H,20,22,23). The van der Waals surface area contributed by atoms with E-state index in [0.29, 0.717) is 24.6 Å². The number of amides is 1. The second-order valence-electron chi connectivity index (χ2n) is 6.62. The van der Waals surface area contributed by atoms with Crippen molar-refractivity contribution in [3.63, 3.8) is 0 Å². The first-order valence-corrected chi connectivity index (χ1v) is 9.62. The summed E-state index contributed by atoms with van der Waals surface area (Å²) < 4.78 is 5.72. The third-order valence-corrected chi connectivity index (χ3v) is 5.34. The number of benzene rings is 1. The summed E-state index contributed by atoms with van der Waals surface area (Å²) in [6.07, 6.45) is 2.99. The van der Waals surface area contributed by atoms with E-state index in [4.69, 9.17) is 4.74 Å². The van der Waals surface area contributed by atoms with Crippen LogP contribution in [0.1, 0.15) is 57.5 Å². The van der Waals surface area contributed by atoms with Gasteiger partial charge in [0.1, 0.15) is 10.8 Å². The molecule has 0 fully saturated rings. The zero-order valence-electron chi connectivity index (χ0n) is 15.5. The average Bonchev–Trinajstić information content (AvgIpc) is 3.06. The lowest BCUT2D eigenvalue weighted by molar-refractivity contribution is -0.116. The summed E-state index contributed by atoms with van der Waals surface area (Å²) in [4.78, 5) is 11.9. The quantitative estimate of drug-likeness (QED) is 0.664. The van der Waals surface area contributed by atoms with Gasteiger partial charge in [-0.2, -0.15) is 0 Å². The van der Waals surface area contributed by atoms with Crippen molar-refractivity contribution in [2.45, 2.75) is 58.8 Å². The van der Waals surface area contributed by atoms with Gasteiger partial charge in [0.15, 0.2) is 0 Å². The molecule has 1 N–H and O–H groups in total. The Morgan fingerprint density at radius 1 is 1.20 bits per heavy atom. The van der Waals surface area contributed by atoms with Crippen molar-refractivity contribution in [1.29, 1.82) is 0 Å². The molecule has 0 saturated carbocycles. The number of aromatic nitrogens is 2. The molecule has 1 aromatic heterocycles. The van der Waals surface area contributed by atoms with Crippen molar-refractivity contribution in [3.05, 3.63) is 34.8 Å². The topological polar surface area (TPSA) is 64.1 Å². The van der Waals surface area contributed by atoms with E-state index in [-0.39, 0.29) is 11.3 Å². The van der Waals surface area contributed by atoms with Gasteiger partial charge in [0.2, 0.25) is 11.0 Å². The van der Waals surface area contributed by atoms with Crippen LogP contribution >= 0.6 is 11.3 Å². The molecular weight excluding hydrogens is 334 g/mol. The molecule has 1 heterocycles. The summed E-state index contributed by atoms with van der Waals surface area (Å²) in [5.41, 5.74) is 1.49. The second kappa shape index (κ2) is 8.94. The molecule has 1 aromatic carbocycles. The summed E-state index contributed by atoms with van der Waals surface area (Å²) in [5.74, 6) is 0.787. The molecule has 0 aliphatic carbocycles. The highest BCUT2D eigenvalue weighted by molar-refractivity contribution is 7.15. The van der Waals surface area contributed by atoms with Gasteiger partial charge in [0, 0.05) is 6.42 Å². The Morgan fingerprint density at radius 3 is 2.52 bits per heavy atom. The molecule has 6 heteroatoms. The number of aryl methyl sites for hydroxylation is 1. The number of nitrogens with zero attached hydrogens (tertiary/aromatic N) is 2. The zero-order valence-corrected chi connectivity index (χ0v) is 16.3. The lowest BCUT2D eigenvalue weighted by Crippen LogP contribution is -2.15. The second-order valence-corrected chi connectivity index (χ2v) is 7.68. The van der Waals surface area contributed by atoms with E-state index >= 15 is 0 Å². The van der Waals surface area contributed by atoms with E-state index in [1.807, 2.05) is 19.1 Å². The molecule has 1 amide bonds. The van der Waals surface area contributed by atoms with Gasteiger partial charge in [-0.3, -0.25) is 4.79 Å². The highest BCUT2D eigenvalue weighted by atomic mass is 32.1. The van der Waals surface area contributed by atoms with Crippen LogP contribution in [0.2, 0.25) is 0 Å². The van der Waals surface area contributed by atoms with Crippen LogP contribution in [0.5, 0.6) is 5.75 Å². The van der Waals surface area contributed by atoms with Crippen LogP contribution in [0.4, 0.5) is 5.13 Å². The van der Waals surface area contributed by atoms with Gasteiger partial charge >= 0.3 is 0 Å². The van der Waals surface area contributed by atoms with Gasteiger partial charge in [0.05, 0.1) is 6.61 Å². The number of nitrogens with one attached hydrogen (secondary N) is 1. The number of hydrogen-bond acceptors (Lipinski definition) is 5. The number of carbonyl (C=O) groups is 1. The Morgan fingerprint density at radius 2 is 1.92 bits per heavy atom. The van der Waals surface area contributed by atoms with Crippen molar-refractivity contribution in [1.82, 2.24) is 10.2 Å². The summed E-state index contributed by atoms with van der Waals surface area (Å²) in [6.45, 7) is 9.20. The van der Waals surface area contributed by atoms with Gasteiger partial charge in [-0.1, -0.05) is 51.2 Å². The molecule has 0 spiro atoms. The number of ether oxygens (including phenoxy) is 1. The van der Waals surface area contributed by atoms with Crippen molar-refractivity contribution in [2.24, 2.45) is 0 Å². The molecule has 136 valence electrons. The molecule has 0 aliphatic rings. The maximum atomic E-state index is 11.9. The minimum Gasteiger partial charge on any atom is -0.494 e.